The standard InChI is InChI=1S/C17H16F2N4O3/c1-9(17-22-10(2)23-26-17)21-14(24)6-7-15-20-8-13(25-15)16-11(18)4-3-5-12(16)19/h3-5,8-9H,6-7H2,1-2H3,(H,21,24). The van der Waals surface area contributed by atoms with Crippen LogP contribution < -0.4 is 5.32 Å². The van der Waals surface area contributed by atoms with Crippen molar-refractivity contribution in [3.63, 3.8) is 0 Å². The van der Waals surface area contributed by atoms with Gasteiger partial charge in [0, 0.05) is 12.8 Å². The van der Waals surface area contributed by atoms with Gasteiger partial charge in [0.2, 0.25) is 11.8 Å². The van der Waals surface area contributed by atoms with Crippen molar-refractivity contribution in [3.05, 3.63) is 53.6 Å². The third-order valence-electron chi connectivity index (χ3n) is 3.62. The smallest absolute Gasteiger partial charge is 0.248 e. The Morgan fingerprint density at radius 1 is 1.31 bits per heavy atom. The molecule has 1 atom stereocenters. The summed E-state index contributed by atoms with van der Waals surface area (Å²) in [6.45, 7) is 3.40. The van der Waals surface area contributed by atoms with Crippen LogP contribution in [0.4, 0.5) is 8.78 Å². The van der Waals surface area contributed by atoms with Crippen LogP contribution in [0.3, 0.4) is 0 Å². The minimum Gasteiger partial charge on any atom is -0.441 e. The minimum absolute atomic E-state index is 0.0225. The molecule has 2 heterocycles. The second-order valence-electron chi connectivity index (χ2n) is 5.68. The van der Waals surface area contributed by atoms with E-state index in [1.165, 1.54) is 12.3 Å². The highest BCUT2D eigenvalue weighted by atomic mass is 19.1. The molecule has 2 aromatic heterocycles. The fourth-order valence-corrected chi connectivity index (χ4v) is 2.36. The number of aromatic nitrogens is 3. The predicted molar refractivity (Wildman–Crippen MR) is 85.8 cm³/mol. The van der Waals surface area contributed by atoms with Gasteiger partial charge in [0.05, 0.1) is 11.8 Å². The number of hydrogen-bond acceptors (Lipinski definition) is 6. The third-order valence-corrected chi connectivity index (χ3v) is 3.62. The predicted octanol–water partition coefficient (Wildman–Crippen LogP) is 3.12. The number of amides is 1. The van der Waals surface area contributed by atoms with Gasteiger partial charge in [-0.1, -0.05) is 11.2 Å². The molecule has 9 heteroatoms. The van der Waals surface area contributed by atoms with Crippen molar-refractivity contribution in [2.45, 2.75) is 32.7 Å². The van der Waals surface area contributed by atoms with Gasteiger partial charge in [-0.2, -0.15) is 4.98 Å². The molecular formula is C17H16F2N4O3. The van der Waals surface area contributed by atoms with Crippen molar-refractivity contribution in [1.29, 1.82) is 0 Å². The largest absolute Gasteiger partial charge is 0.441 e. The normalized spacial score (nSPS) is 12.2. The lowest BCUT2D eigenvalue weighted by Gasteiger charge is -2.08. The van der Waals surface area contributed by atoms with Crippen molar-refractivity contribution in [3.8, 4) is 11.3 Å². The van der Waals surface area contributed by atoms with E-state index < -0.39 is 17.7 Å². The lowest BCUT2D eigenvalue weighted by molar-refractivity contribution is -0.121. The number of carbonyl (C=O) groups excluding carboxylic acids is 1. The SMILES string of the molecule is Cc1noc(C(C)NC(=O)CCc2ncc(-c3c(F)cccc3F)o2)n1. The Labute approximate surface area is 147 Å². The van der Waals surface area contributed by atoms with Crippen molar-refractivity contribution in [2.24, 2.45) is 0 Å². The molecule has 1 aromatic carbocycles. The van der Waals surface area contributed by atoms with E-state index in [9.17, 15) is 13.6 Å². The number of rotatable bonds is 6. The summed E-state index contributed by atoms with van der Waals surface area (Å²) in [5.41, 5.74) is -0.281. The van der Waals surface area contributed by atoms with Crippen LogP contribution in [-0.4, -0.2) is 21.0 Å². The minimum atomic E-state index is -0.742. The number of oxazole rings is 1. The Hall–Kier alpha value is -3.10. The number of nitrogens with one attached hydrogen (secondary N) is 1. The molecule has 136 valence electrons. The number of halogens is 2. The van der Waals surface area contributed by atoms with Crippen LogP contribution in [0.25, 0.3) is 11.3 Å². The summed E-state index contributed by atoms with van der Waals surface area (Å²) in [4.78, 5) is 20.0. The van der Waals surface area contributed by atoms with Crippen LogP contribution in [0.15, 0.2) is 33.3 Å². The van der Waals surface area contributed by atoms with Crippen molar-refractivity contribution in [1.82, 2.24) is 20.4 Å². The van der Waals surface area contributed by atoms with E-state index in [1.807, 2.05) is 0 Å². The van der Waals surface area contributed by atoms with E-state index in [2.05, 4.69) is 20.4 Å². The van der Waals surface area contributed by atoms with Crippen LogP contribution in [0.2, 0.25) is 0 Å². The maximum absolute atomic E-state index is 13.8. The molecule has 7 nitrogen and oxygen atoms in total. The number of nitrogens with zero attached hydrogens (tertiary/aromatic N) is 3. The Balaban J connectivity index is 1.59. The molecule has 0 bridgehead atoms. The summed E-state index contributed by atoms with van der Waals surface area (Å²) < 4.78 is 37.9. The number of benzene rings is 1. The zero-order valence-electron chi connectivity index (χ0n) is 14.1. The molecule has 3 rings (SSSR count). The Kier molecular flexibility index (Phi) is 5.06. The van der Waals surface area contributed by atoms with Gasteiger partial charge in [0.15, 0.2) is 17.5 Å². The fourth-order valence-electron chi connectivity index (χ4n) is 2.36. The molecule has 0 spiro atoms. The molecule has 0 aliphatic heterocycles. The summed E-state index contributed by atoms with van der Waals surface area (Å²) in [7, 11) is 0. The summed E-state index contributed by atoms with van der Waals surface area (Å²) in [5, 5.41) is 6.37. The van der Waals surface area contributed by atoms with Crippen LogP contribution >= 0.6 is 0 Å². The molecule has 1 N–H and O–H groups in total. The molecule has 0 saturated carbocycles. The van der Waals surface area contributed by atoms with E-state index in [0.717, 1.165) is 12.1 Å². The highest BCUT2D eigenvalue weighted by molar-refractivity contribution is 5.76. The first-order valence-corrected chi connectivity index (χ1v) is 7.92. The Morgan fingerprint density at radius 2 is 2.04 bits per heavy atom. The van der Waals surface area contributed by atoms with Crippen molar-refractivity contribution < 1.29 is 22.5 Å². The molecule has 1 amide bonds. The maximum atomic E-state index is 13.8. The lowest BCUT2D eigenvalue weighted by atomic mass is 10.1. The van der Waals surface area contributed by atoms with Gasteiger partial charge in [-0.25, -0.2) is 13.8 Å². The topological polar surface area (TPSA) is 94.1 Å². The molecule has 0 aliphatic rings. The average Bonchev–Trinajstić information content (AvgIpc) is 3.22. The van der Waals surface area contributed by atoms with Crippen LogP contribution in [0, 0.1) is 18.6 Å². The molecule has 26 heavy (non-hydrogen) atoms. The lowest BCUT2D eigenvalue weighted by Crippen LogP contribution is -2.27. The van der Waals surface area contributed by atoms with E-state index in [1.54, 1.807) is 13.8 Å². The molecular weight excluding hydrogens is 346 g/mol. The Bertz CT molecular complexity index is 902. The number of aryl methyl sites for hydroxylation is 2. The average molecular weight is 362 g/mol. The summed E-state index contributed by atoms with van der Waals surface area (Å²) in [5.74, 6) is -0.781. The van der Waals surface area contributed by atoms with Gasteiger partial charge in [0.1, 0.15) is 17.7 Å². The number of carbonyl (C=O) groups is 1. The second kappa shape index (κ2) is 7.42. The van der Waals surface area contributed by atoms with Gasteiger partial charge in [-0.05, 0) is 26.0 Å². The first kappa shape index (κ1) is 17.7. The monoisotopic (exact) mass is 362 g/mol. The van der Waals surface area contributed by atoms with Gasteiger partial charge < -0.3 is 14.3 Å². The summed E-state index contributed by atoms with van der Waals surface area (Å²) in [6, 6.07) is 3.10. The van der Waals surface area contributed by atoms with Crippen molar-refractivity contribution >= 4 is 5.91 Å². The molecule has 0 fully saturated rings. The highest BCUT2D eigenvalue weighted by Crippen LogP contribution is 2.26. The summed E-state index contributed by atoms with van der Waals surface area (Å²) >= 11 is 0. The van der Waals surface area contributed by atoms with Crippen molar-refractivity contribution in [2.75, 3.05) is 0 Å². The molecule has 1 unspecified atom stereocenters. The molecule has 0 radical (unpaired) electrons. The van der Waals surface area contributed by atoms with E-state index in [4.69, 9.17) is 8.94 Å². The van der Waals surface area contributed by atoms with Crippen LogP contribution in [-0.2, 0) is 11.2 Å². The molecule has 3 aromatic rings. The van der Waals surface area contributed by atoms with Gasteiger partial charge in [0.25, 0.3) is 0 Å². The van der Waals surface area contributed by atoms with Gasteiger partial charge in [-0.3, -0.25) is 4.79 Å². The quantitative estimate of drug-likeness (QED) is 0.724. The first-order valence-electron chi connectivity index (χ1n) is 7.92. The van der Waals surface area contributed by atoms with Crippen LogP contribution in [0.1, 0.15) is 37.0 Å². The Morgan fingerprint density at radius 3 is 2.69 bits per heavy atom. The van der Waals surface area contributed by atoms with E-state index in [-0.39, 0.29) is 36.0 Å². The summed E-state index contributed by atoms with van der Waals surface area (Å²) in [6.07, 6.45) is 1.49. The molecule has 0 aliphatic carbocycles. The maximum Gasteiger partial charge on any atom is 0.248 e. The number of hydrogen-bond donors (Lipinski definition) is 1. The highest BCUT2D eigenvalue weighted by Gasteiger charge is 2.18. The van der Waals surface area contributed by atoms with E-state index in [0.29, 0.717) is 11.7 Å². The zero-order chi connectivity index (χ0) is 18.7. The molecule has 0 saturated heterocycles. The fraction of sp³-hybridized carbons (Fsp3) is 0.294. The van der Waals surface area contributed by atoms with Crippen LogP contribution in [0.5, 0.6) is 0 Å². The zero-order valence-corrected chi connectivity index (χ0v) is 14.1. The van der Waals surface area contributed by atoms with Gasteiger partial charge >= 0.3 is 0 Å². The third kappa shape index (κ3) is 3.93. The van der Waals surface area contributed by atoms with Gasteiger partial charge in [-0.15, -0.1) is 0 Å². The first-order chi connectivity index (χ1) is 12.4. The second-order valence-corrected chi connectivity index (χ2v) is 5.68. The van der Waals surface area contributed by atoms with E-state index >= 15 is 0 Å².